The molecule has 1 aromatic heterocycles. The first-order valence-corrected chi connectivity index (χ1v) is 7.89. The van der Waals surface area contributed by atoms with Crippen LogP contribution in [0.25, 0.3) is 10.9 Å². The van der Waals surface area contributed by atoms with Gasteiger partial charge in [-0.3, -0.25) is 9.59 Å². The molecular formula is C18H15ClN4O2. The second-order valence-electron chi connectivity index (χ2n) is 5.41. The number of anilines is 1. The van der Waals surface area contributed by atoms with Crippen molar-refractivity contribution in [2.45, 2.75) is 6.92 Å². The number of aromatic amines is 1. The van der Waals surface area contributed by atoms with Crippen molar-refractivity contribution >= 4 is 46.2 Å². The van der Waals surface area contributed by atoms with E-state index in [9.17, 15) is 9.59 Å². The first kappa shape index (κ1) is 16.7. The number of halogens is 1. The minimum atomic E-state index is -0.868. The van der Waals surface area contributed by atoms with Gasteiger partial charge in [-0.15, -0.1) is 0 Å². The minimum absolute atomic E-state index is 0.441. The van der Waals surface area contributed by atoms with Crippen molar-refractivity contribution in [1.82, 2.24) is 10.4 Å². The normalized spacial score (nSPS) is 11.0. The van der Waals surface area contributed by atoms with Crippen molar-refractivity contribution in [3.8, 4) is 0 Å². The second-order valence-corrected chi connectivity index (χ2v) is 5.81. The maximum absolute atomic E-state index is 11.9. The number of hydrazone groups is 1. The van der Waals surface area contributed by atoms with Crippen molar-refractivity contribution in [3.63, 3.8) is 0 Å². The van der Waals surface area contributed by atoms with Crippen molar-refractivity contribution in [1.29, 1.82) is 0 Å². The maximum Gasteiger partial charge on any atom is 0.329 e. The summed E-state index contributed by atoms with van der Waals surface area (Å²) in [7, 11) is 0. The lowest BCUT2D eigenvalue weighted by atomic mass is 10.2. The van der Waals surface area contributed by atoms with Gasteiger partial charge in [0.1, 0.15) is 0 Å². The molecule has 0 saturated heterocycles. The highest BCUT2D eigenvalue weighted by Crippen LogP contribution is 2.19. The number of nitrogens with zero attached hydrogens (tertiary/aromatic N) is 1. The summed E-state index contributed by atoms with van der Waals surface area (Å²) < 4.78 is 0. The van der Waals surface area contributed by atoms with Crippen LogP contribution in [0.4, 0.5) is 5.69 Å². The smallest absolute Gasteiger partial charge is 0.329 e. The maximum atomic E-state index is 11.9. The number of rotatable bonds is 3. The summed E-state index contributed by atoms with van der Waals surface area (Å²) in [4.78, 5) is 26.8. The molecule has 7 heteroatoms. The molecule has 0 aliphatic heterocycles. The van der Waals surface area contributed by atoms with E-state index in [0.717, 1.165) is 22.0 Å². The van der Waals surface area contributed by atoms with Crippen LogP contribution < -0.4 is 10.7 Å². The average molecular weight is 355 g/mol. The Morgan fingerprint density at radius 3 is 2.76 bits per heavy atom. The summed E-state index contributed by atoms with van der Waals surface area (Å²) in [6, 6.07) is 12.7. The van der Waals surface area contributed by atoms with Crippen molar-refractivity contribution in [2.75, 3.05) is 5.32 Å². The number of carbonyl (C=O) groups excluding carboxylic acids is 2. The first-order chi connectivity index (χ1) is 12.0. The highest BCUT2D eigenvalue weighted by molar-refractivity contribution is 6.39. The SMILES string of the molecule is Cc1ccc(NC(=O)C(=O)NN=Cc2c[nH]c3ccccc23)cc1Cl. The van der Waals surface area contributed by atoms with Gasteiger partial charge in [-0.25, -0.2) is 5.43 Å². The zero-order valence-corrected chi connectivity index (χ0v) is 14.1. The van der Waals surface area contributed by atoms with Gasteiger partial charge in [-0.1, -0.05) is 35.9 Å². The number of hydrogen-bond acceptors (Lipinski definition) is 3. The third-order valence-electron chi connectivity index (χ3n) is 3.63. The lowest BCUT2D eigenvalue weighted by Gasteiger charge is -2.05. The molecule has 0 aliphatic carbocycles. The van der Waals surface area contributed by atoms with E-state index in [1.165, 1.54) is 6.21 Å². The first-order valence-electron chi connectivity index (χ1n) is 7.51. The van der Waals surface area contributed by atoms with E-state index in [-0.39, 0.29) is 0 Å². The second kappa shape index (κ2) is 7.19. The van der Waals surface area contributed by atoms with Crippen LogP contribution in [-0.4, -0.2) is 23.0 Å². The molecule has 0 fully saturated rings. The van der Waals surface area contributed by atoms with Crippen LogP contribution in [0.3, 0.4) is 0 Å². The number of para-hydroxylation sites is 1. The predicted molar refractivity (Wildman–Crippen MR) is 98.9 cm³/mol. The van der Waals surface area contributed by atoms with Crippen molar-refractivity contribution in [3.05, 3.63) is 64.8 Å². The molecule has 3 N–H and O–H groups in total. The number of hydrogen-bond donors (Lipinski definition) is 3. The van der Waals surface area contributed by atoms with Gasteiger partial charge in [0.15, 0.2) is 0 Å². The molecular weight excluding hydrogens is 340 g/mol. The average Bonchev–Trinajstić information content (AvgIpc) is 3.01. The zero-order chi connectivity index (χ0) is 17.8. The Labute approximate surface area is 148 Å². The van der Waals surface area contributed by atoms with Crippen LogP contribution in [0.15, 0.2) is 53.8 Å². The number of aryl methyl sites for hydroxylation is 1. The van der Waals surface area contributed by atoms with Crippen molar-refractivity contribution < 1.29 is 9.59 Å². The lowest BCUT2D eigenvalue weighted by Crippen LogP contribution is -2.32. The fourth-order valence-corrected chi connectivity index (χ4v) is 2.45. The van der Waals surface area contributed by atoms with Crippen molar-refractivity contribution in [2.24, 2.45) is 5.10 Å². The number of amides is 2. The van der Waals surface area contributed by atoms with E-state index in [1.807, 2.05) is 31.2 Å². The van der Waals surface area contributed by atoms with Crippen LogP contribution in [0.1, 0.15) is 11.1 Å². The Morgan fingerprint density at radius 1 is 1.16 bits per heavy atom. The summed E-state index contributed by atoms with van der Waals surface area (Å²) in [5.74, 6) is -1.69. The number of nitrogens with one attached hydrogen (secondary N) is 3. The number of carbonyl (C=O) groups is 2. The highest BCUT2D eigenvalue weighted by Gasteiger charge is 2.13. The van der Waals surface area contributed by atoms with Gasteiger partial charge in [0, 0.05) is 33.4 Å². The summed E-state index contributed by atoms with van der Waals surface area (Å²) in [5.41, 5.74) is 5.30. The van der Waals surface area contributed by atoms with Gasteiger partial charge >= 0.3 is 11.8 Å². The number of aromatic nitrogens is 1. The number of H-pyrrole nitrogens is 1. The summed E-state index contributed by atoms with van der Waals surface area (Å²) in [5, 5.41) is 7.78. The summed E-state index contributed by atoms with van der Waals surface area (Å²) >= 11 is 5.99. The third kappa shape index (κ3) is 3.87. The van der Waals surface area contributed by atoms with Crippen LogP contribution in [0, 0.1) is 6.92 Å². The Balaban J connectivity index is 1.61. The molecule has 0 atom stereocenters. The van der Waals surface area contributed by atoms with E-state index in [0.29, 0.717) is 10.7 Å². The summed E-state index contributed by atoms with van der Waals surface area (Å²) in [6.45, 7) is 1.85. The molecule has 0 bridgehead atoms. The monoisotopic (exact) mass is 354 g/mol. The highest BCUT2D eigenvalue weighted by atomic mass is 35.5. The summed E-state index contributed by atoms with van der Waals surface area (Å²) in [6.07, 6.45) is 3.25. The molecule has 3 rings (SSSR count). The largest absolute Gasteiger partial charge is 0.361 e. The van der Waals surface area contributed by atoms with Crippen LogP contribution in [0.2, 0.25) is 5.02 Å². The molecule has 0 saturated carbocycles. The van der Waals surface area contributed by atoms with E-state index in [2.05, 4.69) is 20.8 Å². The molecule has 2 aromatic carbocycles. The molecule has 25 heavy (non-hydrogen) atoms. The third-order valence-corrected chi connectivity index (χ3v) is 4.03. The van der Waals surface area contributed by atoms with E-state index >= 15 is 0 Å². The molecule has 1 heterocycles. The van der Waals surface area contributed by atoms with Gasteiger partial charge in [0.05, 0.1) is 6.21 Å². The van der Waals surface area contributed by atoms with E-state index < -0.39 is 11.8 Å². The van der Waals surface area contributed by atoms with Gasteiger partial charge < -0.3 is 10.3 Å². The number of fused-ring (bicyclic) bond motifs is 1. The molecule has 0 spiro atoms. The van der Waals surface area contributed by atoms with Gasteiger partial charge in [0.25, 0.3) is 0 Å². The fraction of sp³-hybridized carbons (Fsp3) is 0.0556. The van der Waals surface area contributed by atoms with Crippen LogP contribution >= 0.6 is 11.6 Å². The van der Waals surface area contributed by atoms with E-state index in [1.54, 1.807) is 24.4 Å². The molecule has 3 aromatic rings. The van der Waals surface area contributed by atoms with Gasteiger partial charge in [-0.05, 0) is 30.7 Å². The standard InChI is InChI=1S/C18H15ClN4O2/c1-11-6-7-13(8-15(11)19)22-17(24)18(25)23-21-10-12-9-20-16-5-3-2-4-14(12)16/h2-10,20H,1H3,(H,22,24)(H,23,25). The topological polar surface area (TPSA) is 86.3 Å². The van der Waals surface area contributed by atoms with E-state index in [4.69, 9.17) is 11.6 Å². The van der Waals surface area contributed by atoms with Crippen LogP contribution in [-0.2, 0) is 9.59 Å². The Hall–Kier alpha value is -3.12. The minimum Gasteiger partial charge on any atom is -0.361 e. The Bertz CT molecular complexity index is 978. The molecule has 126 valence electrons. The molecule has 0 radical (unpaired) electrons. The molecule has 0 unspecified atom stereocenters. The van der Waals surface area contributed by atoms with Gasteiger partial charge in [-0.2, -0.15) is 5.10 Å². The van der Waals surface area contributed by atoms with Crippen LogP contribution in [0.5, 0.6) is 0 Å². The van der Waals surface area contributed by atoms with Gasteiger partial charge in [0.2, 0.25) is 0 Å². The Kier molecular flexibility index (Phi) is 4.81. The molecule has 0 aliphatic rings. The quantitative estimate of drug-likeness (QED) is 0.383. The fourth-order valence-electron chi connectivity index (χ4n) is 2.27. The lowest BCUT2D eigenvalue weighted by molar-refractivity contribution is -0.136. The number of benzene rings is 2. The molecule has 2 amide bonds. The Morgan fingerprint density at radius 2 is 1.96 bits per heavy atom. The molecule has 6 nitrogen and oxygen atoms in total. The predicted octanol–water partition coefficient (Wildman–Crippen LogP) is 3.22. The zero-order valence-electron chi connectivity index (χ0n) is 13.3.